The van der Waals surface area contributed by atoms with Gasteiger partial charge in [-0.3, -0.25) is 48.1 Å². The van der Waals surface area contributed by atoms with Gasteiger partial charge in [0.15, 0.2) is 28.2 Å². The van der Waals surface area contributed by atoms with Crippen molar-refractivity contribution in [2.24, 2.45) is 41.2 Å². The number of aliphatic hydroxyl groups is 3. The lowest BCUT2D eigenvalue weighted by atomic mass is 9.78. The van der Waals surface area contributed by atoms with Gasteiger partial charge in [0.2, 0.25) is 22.7 Å². The number of ketones is 1. The molecule has 27 heteroatoms. The van der Waals surface area contributed by atoms with Crippen molar-refractivity contribution >= 4 is 103 Å². The number of primary amides is 1. The van der Waals surface area contributed by atoms with Gasteiger partial charge < -0.3 is 75.7 Å². The maximum Gasteiger partial charge on any atom is 0.312 e. The first kappa shape index (κ1) is 77.2. The summed E-state index contributed by atoms with van der Waals surface area (Å²) in [5.74, 6) is -10.4. The first-order chi connectivity index (χ1) is 48.8. The quantitative estimate of drug-likeness (QED) is 0.0113. The predicted octanol–water partition coefficient (Wildman–Crippen LogP) is 7.53. The van der Waals surface area contributed by atoms with Crippen molar-refractivity contribution < 1.29 is 82.1 Å². The third kappa shape index (κ3) is 17.2. The third-order valence-electron chi connectivity index (χ3n) is 20.3. The number of nitrogens with zero attached hydrogens (tertiary/aromatic N) is 3. The number of methoxy groups -OCH3 is 1. The zero-order valence-corrected chi connectivity index (χ0v) is 60.0. The number of imide groups is 1. The number of hydrogen-bond acceptors (Lipinski definition) is 21. The Balaban J connectivity index is 0.965. The lowest BCUT2D eigenvalue weighted by Crippen LogP contribution is -2.46. The number of carbonyl (C=O) groups excluding carboxylic acids is 8. The predicted molar refractivity (Wildman–Crippen MR) is 385 cm³/mol. The van der Waals surface area contributed by atoms with Gasteiger partial charge in [-0.25, -0.2) is 9.78 Å². The van der Waals surface area contributed by atoms with Crippen LogP contribution in [-0.4, -0.2) is 147 Å². The van der Waals surface area contributed by atoms with Crippen molar-refractivity contribution in [2.75, 3.05) is 48.8 Å². The maximum absolute atomic E-state index is 15.2. The SMILES string of the molecule is CO[C@H]1/C=C/O[C@@]2(C)Oc3c(C)c(O)c4c(=O)c(c5oc6cc(N7CCC(c8ccc(NC(=O)[C@H](CCCNC(N)=O)CC(=O)[C@@H](NC(=O)CCCCCN9C(=O)C=CC9=O)C(C)C)cc8)CC7)cc(=O)c6nc5c4c3=C2O)NC(=O)/C(C)=C\C=C\[C@H](C)[C@H](O)[C@@H](C)[C@@H](O)[C@@H](C)[C@H](OC(C)=O)[C@@H]1C. The van der Waals surface area contributed by atoms with E-state index in [-0.39, 0.29) is 117 Å². The molecule has 0 unspecified atom stereocenters. The Labute approximate surface area is 595 Å². The number of esters is 1. The number of aromatic nitrogens is 1. The average molecular weight is 1420 g/mol. The molecule has 1 aromatic heterocycles. The number of nitrogens with one attached hydrogen (secondary N) is 4. The Morgan fingerprint density at radius 3 is 2.20 bits per heavy atom. The molecule has 0 radical (unpaired) electrons. The number of urea groups is 1. The molecule has 0 aliphatic carbocycles. The fourth-order valence-corrected chi connectivity index (χ4v) is 14.1. The van der Waals surface area contributed by atoms with E-state index in [1.165, 1.54) is 71.4 Å². The lowest BCUT2D eigenvalue weighted by Gasteiger charge is -2.38. The van der Waals surface area contributed by atoms with Crippen LogP contribution in [-0.2, 0) is 47.8 Å². The summed E-state index contributed by atoms with van der Waals surface area (Å²) in [6.07, 6.45) is 8.94. The van der Waals surface area contributed by atoms with E-state index < -0.39 is 123 Å². The summed E-state index contributed by atoms with van der Waals surface area (Å²) in [4.78, 5) is 141. The molecule has 103 heavy (non-hydrogen) atoms. The molecule has 27 nitrogen and oxygen atoms in total. The van der Waals surface area contributed by atoms with Crippen LogP contribution in [0.2, 0.25) is 0 Å². The number of unbranched alkanes of at least 4 members (excludes halogenated alkanes) is 2. The van der Waals surface area contributed by atoms with Crippen LogP contribution in [0.3, 0.4) is 0 Å². The van der Waals surface area contributed by atoms with Crippen LogP contribution in [0, 0.1) is 42.4 Å². The Morgan fingerprint density at radius 1 is 0.864 bits per heavy atom. The van der Waals surface area contributed by atoms with E-state index in [0.29, 0.717) is 63.0 Å². The molecule has 4 aliphatic rings. The largest absolute Gasteiger partial charge is 0.507 e. The lowest BCUT2D eigenvalue weighted by molar-refractivity contribution is -0.160. The molecule has 0 saturated carbocycles. The number of aromatic hydroxyl groups is 1. The zero-order chi connectivity index (χ0) is 75.0. The summed E-state index contributed by atoms with van der Waals surface area (Å²) in [5, 5.41) is 58.1. The molecule has 5 heterocycles. The Hall–Kier alpha value is -9.99. The highest BCUT2D eigenvalue weighted by Crippen LogP contribution is 2.43. The third-order valence-corrected chi connectivity index (χ3v) is 20.3. The van der Waals surface area contributed by atoms with E-state index in [0.717, 1.165) is 10.5 Å². The summed E-state index contributed by atoms with van der Waals surface area (Å²) in [6, 6.07) is 8.78. The van der Waals surface area contributed by atoms with Gasteiger partial charge in [-0.1, -0.05) is 78.3 Å². The van der Waals surface area contributed by atoms with Gasteiger partial charge in [-0.2, -0.15) is 0 Å². The van der Waals surface area contributed by atoms with Crippen LogP contribution in [0.25, 0.3) is 38.7 Å². The molecule has 11 atom stereocenters. The molecule has 10 N–H and O–H groups in total. The number of carbonyl (C=O) groups is 8. The van der Waals surface area contributed by atoms with E-state index in [1.54, 1.807) is 71.9 Å². The fraction of sp³-hybridized carbons (Fsp3) is 0.487. The molecule has 0 spiro atoms. The van der Waals surface area contributed by atoms with Crippen LogP contribution in [0.5, 0.6) is 11.5 Å². The monoisotopic (exact) mass is 1420 g/mol. The second-order valence-electron chi connectivity index (χ2n) is 28.0. The minimum Gasteiger partial charge on any atom is -0.507 e. The van der Waals surface area contributed by atoms with Crippen molar-refractivity contribution in [3.8, 4) is 11.5 Å². The van der Waals surface area contributed by atoms with Gasteiger partial charge in [-0.15, -0.1) is 0 Å². The molecule has 4 aromatic carbocycles. The molecule has 9 rings (SSSR count). The number of aliphatic hydroxyl groups excluding tert-OH is 3. The molecule has 5 aromatic rings. The van der Waals surface area contributed by atoms with Gasteiger partial charge in [-0.05, 0) is 88.0 Å². The zero-order valence-electron chi connectivity index (χ0n) is 60.0. The number of fused-ring (bicyclic) bond motifs is 2. The van der Waals surface area contributed by atoms with Crippen LogP contribution < -0.4 is 52.7 Å². The first-order valence-electron chi connectivity index (χ1n) is 35.0. The smallest absolute Gasteiger partial charge is 0.312 e. The van der Waals surface area contributed by atoms with Gasteiger partial charge in [0.05, 0.1) is 41.2 Å². The number of allylic oxidation sites excluding steroid dienone is 2. The second kappa shape index (κ2) is 33.0. The van der Waals surface area contributed by atoms with Crippen molar-refractivity contribution in [1.82, 2.24) is 20.5 Å². The van der Waals surface area contributed by atoms with Gasteiger partial charge >= 0.3 is 17.8 Å². The summed E-state index contributed by atoms with van der Waals surface area (Å²) < 4.78 is 30.8. The highest BCUT2D eigenvalue weighted by molar-refractivity contribution is 6.17. The molecular formula is C76H94N8O19. The number of benzene rings is 4. The Bertz CT molecular complexity index is 4410. The molecule has 1 saturated heterocycles. The minimum absolute atomic E-state index is 0.00494. The number of rotatable bonds is 21. The van der Waals surface area contributed by atoms with Crippen molar-refractivity contribution in [1.29, 1.82) is 0 Å². The number of piperidine rings is 1. The second-order valence-corrected chi connectivity index (χ2v) is 28.0. The Kier molecular flexibility index (Phi) is 24.7. The number of ether oxygens (including phenoxy) is 4. The standard InChI is InChI=1S/C76H94N8O19/c1-38(2)61(80-55(88)20-13-12-14-31-84-56(89)25-26-57(84)90)51(86)35-48(19-16-30-78-75(77)98)74(97)79-49-23-21-46(22-24-49)47-27-32-83(33-28-47)50-36-52(87)62-54(37-50)102-71-63(81-62)58-59-67(93)44(8)70-60(58)72(95)76(10,103-70)100-34-29-53(99-11)41(5)69(101-45(9)85)43(7)66(92)42(6)65(91)39(3)17-15-18-40(4)73(96)82-64(71)68(59)94/h15,17-18,21-26,29,34,36-39,41-43,47-48,53,61,65-66,69,91-93,95H,12-14,16,19-20,27-28,30-33,35H2,1-11H3,(H,79,97)(H,80,88)(H,82,96)(H3,77,78,98)/b17-15+,34-29+,40-18-/t39-,41+,42+,43+,48+,53-,61-,65-,66+,69+,76-/m0/s1. The van der Waals surface area contributed by atoms with Crippen molar-refractivity contribution in [3.05, 3.63) is 121 Å². The van der Waals surface area contributed by atoms with Gasteiger partial charge in [0.25, 0.3) is 17.7 Å². The molecule has 552 valence electrons. The topological polar surface area (TPSA) is 395 Å². The van der Waals surface area contributed by atoms with Gasteiger partial charge in [0.1, 0.15) is 28.8 Å². The highest BCUT2D eigenvalue weighted by Gasteiger charge is 2.45. The van der Waals surface area contributed by atoms with E-state index in [4.69, 9.17) is 34.1 Å². The summed E-state index contributed by atoms with van der Waals surface area (Å²) in [6.45, 7) is 17.4. The molecule has 1 fully saturated rings. The van der Waals surface area contributed by atoms with E-state index in [9.17, 15) is 63.6 Å². The Morgan fingerprint density at radius 2 is 1.55 bits per heavy atom. The number of anilines is 3. The van der Waals surface area contributed by atoms with Crippen LogP contribution in [0.1, 0.15) is 137 Å². The normalized spacial score (nSPS) is 24.5. The number of phenols is 1. The van der Waals surface area contributed by atoms with Gasteiger partial charge in [0, 0.05) is 142 Å². The summed E-state index contributed by atoms with van der Waals surface area (Å²) >= 11 is 0. The van der Waals surface area contributed by atoms with Crippen LogP contribution >= 0.6 is 0 Å². The van der Waals surface area contributed by atoms with Crippen LogP contribution in [0.15, 0.2) is 98.7 Å². The molecule has 4 bridgehead atoms. The number of phenolic OH excluding ortho intramolecular Hbond substituents is 1. The minimum atomic E-state index is -2.06. The summed E-state index contributed by atoms with van der Waals surface area (Å²) in [7, 11) is 1.42. The molecule has 7 amide bonds. The molecular weight excluding hydrogens is 1330 g/mol. The number of amides is 7. The van der Waals surface area contributed by atoms with Crippen LogP contribution in [0.4, 0.5) is 21.9 Å². The summed E-state index contributed by atoms with van der Waals surface area (Å²) in [5.41, 5.74) is 4.58. The first-order valence-corrected chi connectivity index (χ1v) is 35.0. The number of Topliss-reactive ketones (excluding diaryl/α,β-unsaturated/α-hetero) is 1. The van der Waals surface area contributed by atoms with E-state index in [2.05, 4.69) is 21.3 Å². The van der Waals surface area contributed by atoms with E-state index >= 15 is 4.79 Å². The molecule has 4 aliphatic heterocycles. The number of nitrogens with two attached hydrogens (primary N) is 1. The number of hydrogen-bond donors (Lipinski definition) is 9. The average Bonchev–Trinajstić information content (AvgIpc) is 1.67. The van der Waals surface area contributed by atoms with Crippen molar-refractivity contribution in [3.63, 3.8) is 0 Å². The maximum atomic E-state index is 15.2. The van der Waals surface area contributed by atoms with E-state index in [1.807, 2.05) is 17.0 Å². The fourth-order valence-electron chi connectivity index (χ4n) is 14.1. The highest BCUT2D eigenvalue weighted by atomic mass is 16.7. The van der Waals surface area contributed by atoms with Crippen molar-refractivity contribution in [2.45, 2.75) is 169 Å².